The summed E-state index contributed by atoms with van der Waals surface area (Å²) < 4.78 is 7.36. The molecule has 0 saturated heterocycles. The van der Waals surface area contributed by atoms with Gasteiger partial charge in [-0.15, -0.1) is 0 Å². The topological polar surface area (TPSA) is 66.0 Å². The molecule has 0 aliphatic carbocycles. The molecule has 0 spiro atoms. The molecular formula is C11H14N4O. The van der Waals surface area contributed by atoms with Crippen LogP contribution in [0.3, 0.4) is 0 Å². The maximum Gasteiger partial charge on any atom is 0.166 e. The molecule has 2 N–H and O–H groups in total. The molecule has 0 saturated carbocycles. The zero-order chi connectivity index (χ0) is 11.5. The van der Waals surface area contributed by atoms with Gasteiger partial charge in [-0.1, -0.05) is 0 Å². The van der Waals surface area contributed by atoms with Gasteiger partial charge < -0.3 is 10.5 Å². The van der Waals surface area contributed by atoms with Gasteiger partial charge in [0, 0.05) is 13.2 Å². The first-order chi connectivity index (χ1) is 7.66. The van der Waals surface area contributed by atoms with Crippen molar-refractivity contribution in [3.8, 4) is 5.75 Å². The molecule has 0 aliphatic heterocycles. The van der Waals surface area contributed by atoms with E-state index >= 15 is 0 Å². The van der Waals surface area contributed by atoms with Crippen LogP contribution in [0.15, 0.2) is 24.4 Å². The second-order valence-corrected chi connectivity index (χ2v) is 3.58. The molecule has 2 heterocycles. The smallest absolute Gasteiger partial charge is 0.166 e. The highest BCUT2D eigenvalue weighted by molar-refractivity contribution is 5.44. The van der Waals surface area contributed by atoms with E-state index in [0.717, 1.165) is 11.4 Å². The summed E-state index contributed by atoms with van der Waals surface area (Å²) in [6.07, 6.45) is 1.64. The molecule has 0 aliphatic rings. The average molecular weight is 218 g/mol. The van der Waals surface area contributed by atoms with E-state index in [1.54, 1.807) is 23.0 Å². The molecule has 0 bridgehead atoms. The molecule has 5 heteroatoms. The van der Waals surface area contributed by atoms with Gasteiger partial charge in [-0.25, -0.2) is 4.98 Å². The van der Waals surface area contributed by atoms with Gasteiger partial charge in [0.15, 0.2) is 11.6 Å². The quantitative estimate of drug-likeness (QED) is 0.842. The monoisotopic (exact) mass is 218 g/mol. The van der Waals surface area contributed by atoms with Crippen LogP contribution in [-0.2, 0) is 13.7 Å². The third-order valence-electron chi connectivity index (χ3n) is 2.27. The SMILES string of the molecule is Cc1cc(COc2cccnc2N)n(C)n1. The highest BCUT2D eigenvalue weighted by Crippen LogP contribution is 2.18. The Kier molecular flexibility index (Phi) is 2.76. The summed E-state index contributed by atoms with van der Waals surface area (Å²) >= 11 is 0. The van der Waals surface area contributed by atoms with Crippen molar-refractivity contribution in [1.82, 2.24) is 14.8 Å². The van der Waals surface area contributed by atoms with Gasteiger partial charge in [0.25, 0.3) is 0 Å². The lowest BCUT2D eigenvalue weighted by molar-refractivity contribution is 0.295. The van der Waals surface area contributed by atoms with E-state index in [4.69, 9.17) is 10.5 Å². The fraction of sp³-hybridized carbons (Fsp3) is 0.273. The molecule has 2 aromatic heterocycles. The van der Waals surface area contributed by atoms with Crippen molar-refractivity contribution in [2.75, 3.05) is 5.73 Å². The maximum atomic E-state index is 5.67. The summed E-state index contributed by atoms with van der Waals surface area (Å²) in [5, 5.41) is 4.24. The molecule has 5 nitrogen and oxygen atoms in total. The number of ether oxygens (including phenoxy) is 1. The number of pyridine rings is 1. The largest absolute Gasteiger partial charge is 0.483 e. The fourth-order valence-electron chi connectivity index (χ4n) is 1.48. The van der Waals surface area contributed by atoms with Crippen LogP contribution >= 0.6 is 0 Å². The van der Waals surface area contributed by atoms with Crippen LogP contribution in [0.25, 0.3) is 0 Å². The van der Waals surface area contributed by atoms with E-state index < -0.39 is 0 Å². The minimum Gasteiger partial charge on any atom is -0.483 e. The molecule has 84 valence electrons. The van der Waals surface area contributed by atoms with E-state index in [1.165, 1.54) is 0 Å². The third kappa shape index (κ3) is 2.13. The first kappa shape index (κ1) is 10.5. The Balaban J connectivity index is 2.08. The predicted octanol–water partition coefficient (Wildman–Crippen LogP) is 1.28. The average Bonchev–Trinajstić information content (AvgIpc) is 2.56. The maximum absolute atomic E-state index is 5.67. The van der Waals surface area contributed by atoms with Crippen molar-refractivity contribution >= 4 is 5.82 Å². The molecule has 0 fully saturated rings. The number of nitrogens with two attached hydrogens (primary N) is 1. The van der Waals surface area contributed by atoms with E-state index in [-0.39, 0.29) is 0 Å². The molecule has 0 amide bonds. The lowest BCUT2D eigenvalue weighted by Crippen LogP contribution is -2.04. The van der Waals surface area contributed by atoms with E-state index in [0.29, 0.717) is 18.2 Å². The van der Waals surface area contributed by atoms with Crippen molar-refractivity contribution < 1.29 is 4.74 Å². The van der Waals surface area contributed by atoms with Crippen LogP contribution in [0.1, 0.15) is 11.4 Å². The van der Waals surface area contributed by atoms with Crippen molar-refractivity contribution in [1.29, 1.82) is 0 Å². The molecule has 0 unspecified atom stereocenters. The first-order valence-electron chi connectivity index (χ1n) is 4.99. The van der Waals surface area contributed by atoms with Gasteiger partial charge in [-0.2, -0.15) is 5.10 Å². The molecule has 2 aromatic rings. The molecule has 0 aromatic carbocycles. The number of hydrogen-bond donors (Lipinski definition) is 1. The minimum atomic E-state index is 0.404. The number of aryl methyl sites for hydroxylation is 2. The summed E-state index contributed by atoms with van der Waals surface area (Å²) in [7, 11) is 1.89. The highest BCUT2D eigenvalue weighted by Gasteiger charge is 2.04. The summed E-state index contributed by atoms with van der Waals surface area (Å²) in [5.41, 5.74) is 7.64. The van der Waals surface area contributed by atoms with Gasteiger partial charge in [-0.3, -0.25) is 4.68 Å². The molecule has 0 radical (unpaired) electrons. The van der Waals surface area contributed by atoms with E-state index in [1.807, 2.05) is 20.0 Å². The van der Waals surface area contributed by atoms with E-state index in [9.17, 15) is 0 Å². The van der Waals surface area contributed by atoms with Gasteiger partial charge >= 0.3 is 0 Å². The lowest BCUT2D eigenvalue weighted by Gasteiger charge is -2.07. The van der Waals surface area contributed by atoms with Gasteiger partial charge in [0.05, 0.1) is 11.4 Å². The van der Waals surface area contributed by atoms with Crippen LogP contribution in [0, 0.1) is 6.92 Å². The van der Waals surface area contributed by atoms with Crippen LogP contribution in [0.5, 0.6) is 5.75 Å². The molecule has 0 atom stereocenters. The Labute approximate surface area is 93.9 Å². The second kappa shape index (κ2) is 4.22. The van der Waals surface area contributed by atoms with Crippen LogP contribution in [0.2, 0.25) is 0 Å². The van der Waals surface area contributed by atoms with Crippen LogP contribution < -0.4 is 10.5 Å². The minimum absolute atomic E-state index is 0.404. The highest BCUT2D eigenvalue weighted by atomic mass is 16.5. The van der Waals surface area contributed by atoms with Crippen molar-refractivity contribution in [2.45, 2.75) is 13.5 Å². The van der Waals surface area contributed by atoms with Gasteiger partial charge in [-0.05, 0) is 25.1 Å². The van der Waals surface area contributed by atoms with Gasteiger partial charge in [0.2, 0.25) is 0 Å². The van der Waals surface area contributed by atoms with Crippen molar-refractivity contribution in [2.24, 2.45) is 7.05 Å². The van der Waals surface area contributed by atoms with Crippen LogP contribution in [0.4, 0.5) is 5.82 Å². The molecule has 2 rings (SSSR count). The Morgan fingerprint density at radius 2 is 2.31 bits per heavy atom. The number of rotatable bonds is 3. The van der Waals surface area contributed by atoms with Crippen molar-refractivity contribution in [3.63, 3.8) is 0 Å². The fourth-order valence-corrected chi connectivity index (χ4v) is 1.48. The summed E-state index contributed by atoms with van der Waals surface area (Å²) in [6.45, 7) is 2.38. The summed E-state index contributed by atoms with van der Waals surface area (Å²) in [5.74, 6) is 1.00. The number of hydrogen-bond acceptors (Lipinski definition) is 4. The number of anilines is 1. The molecule has 16 heavy (non-hydrogen) atoms. The van der Waals surface area contributed by atoms with Gasteiger partial charge in [0.1, 0.15) is 6.61 Å². The van der Waals surface area contributed by atoms with Crippen LogP contribution in [-0.4, -0.2) is 14.8 Å². The third-order valence-corrected chi connectivity index (χ3v) is 2.27. The summed E-state index contributed by atoms with van der Waals surface area (Å²) in [4.78, 5) is 3.95. The van der Waals surface area contributed by atoms with Crippen molar-refractivity contribution in [3.05, 3.63) is 35.8 Å². The molecular weight excluding hydrogens is 204 g/mol. The second-order valence-electron chi connectivity index (χ2n) is 3.58. The number of nitrogens with zero attached hydrogens (tertiary/aromatic N) is 3. The normalized spacial score (nSPS) is 10.4. The zero-order valence-corrected chi connectivity index (χ0v) is 9.34. The number of nitrogen functional groups attached to an aromatic ring is 1. The number of aromatic nitrogens is 3. The zero-order valence-electron chi connectivity index (χ0n) is 9.34. The Bertz CT molecular complexity index is 492. The Morgan fingerprint density at radius 3 is 2.94 bits per heavy atom. The summed E-state index contributed by atoms with van der Waals surface area (Å²) in [6, 6.07) is 5.57. The van der Waals surface area contributed by atoms with E-state index in [2.05, 4.69) is 10.1 Å². The Hall–Kier alpha value is -2.04. The Morgan fingerprint density at radius 1 is 1.50 bits per heavy atom. The standard InChI is InChI=1S/C11H14N4O/c1-8-6-9(15(2)14-8)7-16-10-4-3-5-13-11(10)12/h3-6H,7H2,1-2H3,(H2,12,13). The lowest BCUT2D eigenvalue weighted by atomic mass is 10.4. The first-order valence-corrected chi connectivity index (χ1v) is 4.99. The predicted molar refractivity (Wildman–Crippen MR) is 60.9 cm³/mol.